The first kappa shape index (κ1) is 29.0. The van der Waals surface area contributed by atoms with Crippen LogP contribution in [0.15, 0.2) is 102 Å². The number of ether oxygens (including phenoxy) is 1. The Hall–Kier alpha value is -4.56. The minimum absolute atomic E-state index is 0.0974. The molecule has 1 amide bonds. The van der Waals surface area contributed by atoms with E-state index in [1.807, 2.05) is 80.6 Å². The van der Waals surface area contributed by atoms with Gasteiger partial charge in [-0.25, -0.2) is 13.1 Å². The summed E-state index contributed by atoms with van der Waals surface area (Å²) in [6.07, 6.45) is 2.76. The molecule has 0 bridgehead atoms. The van der Waals surface area contributed by atoms with E-state index in [1.54, 1.807) is 35.1 Å². The SMILES string of the molecule is CC1CN(S(=O)(=O)c2cccc(-c3nn(-c4ccccc4)cc3/C=C(/C#N)C(=O)NCc3ccccc3)c2)CC(C)O1. The lowest BCUT2D eigenvalue weighted by molar-refractivity contribution is -0.117. The molecule has 10 heteroatoms. The normalized spacial score (nSPS) is 17.9. The summed E-state index contributed by atoms with van der Waals surface area (Å²) in [6, 6.07) is 27.4. The maximum absolute atomic E-state index is 13.6. The van der Waals surface area contributed by atoms with Crippen molar-refractivity contribution in [3.05, 3.63) is 108 Å². The molecule has 1 aliphatic rings. The Kier molecular flexibility index (Phi) is 8.64. The van der Waals surface area contributed by atoms with Crippen molar-refractivity contribution in [3.8, 4) is 23.0 Å². The second-order valence-corrected chi connectivity index (χ2v) is 12.1. The first-order valence-corrected chi connectivity index (χ1v) is 15.0. The molecule has 0 spiro atoms. The molecule has 2 unspecified atom stereocenters. The molecule has 9 nitrogen and oxygen atoms in total. The smallest absolute Gasteiger partial charge is 0.262 e. The summed E-state index contributed by atoms with van der Waals surface area (Å²) >= 11 is 0. The Labute approximate surface area is 245 Å². The zero-order valence-corrected chi connectivity index (χ0v) is 24.2. The number of aromatic nitrogens is 2. The fourth-order valence-corrected chi connectivity index (χ4v) is 6.52. The molecule has 1 saturated heterocycles. The largest absolute Gasteiger partial charge is 0.373 e. The number of sulfonamides is 1. The lowest BCUT2D eigenvalue weighted by Gasteiger charge is -2.34. The van der Waals surface area contributed by atoms with E-state index in [2.05, 4.69) is 5.32 Å². The molecule has 5 rings (SSSR count). The van der Waals surface area contributed by atoms with Crippen molar-refractivity contribution in [2.24, 2.45) is 0 Å². The van der Waals surface area contributed by atoms with Crippen molar-refractivity contribution in [3.63, 3.8) is 0 Å². The van der Waals surface area contributed by atoms with E-state index >= 15 is 0 Å². The summed E-state index contributed by atoms with van der Waals surface area (Å²) in [5.41, 5.74) is 3.04. The summed E-state index contributed by atoms with van der Waals surface area (Å²) in [5, 5.41) is 17.4. The molecule has 2 heterocycles. The van der Waals surface area contributed by atoms with Crippen LogP contribution in [0.2, 0.25) is 0 Å². The number of hydrogen-bond acceptors (Lipinski definition) is 6. The Morgan fingerprint density at radius 3 is 2.36 bits per heavy atom. The summed E-state index contributed by atoms with van der Waals surface area (Å²) in [7, 11) is -3.80. The predicted octanol–water partition coefficient (Wildman–Crippen LogP) is 4.56. The van der Waals surface area contributed by atoms with Gasteiger partial charge in [-0.05, 0) is 49.8 Å². The number of nitrogens with zero attached hydrogens (tertiary/aromatic N) is 4. The second kappa shape index (κ2) is 12.5. The van der Waals surface area contributed by atoms with Crippen LogP contribution in [0.25, 0.3) is 23.0 Å². The van der Waals surface area contributed by atoms with Crippen LogP contribution in [0.1, 0.15) is 25.0 Å². The van der Waals surface area contributed by atoms with Gasteiger partial charge in [0.25, 0.3) is 5.91 Å². The van der Waals surface area contributed by atoms with Crippen LogP contribution in [0.4, 0.5) is 0 Å². The number of benzene rings is 3. The average molecular weight is 582 g/mol. The summed E-state index contributed by atoms with van der Waals surface area (Å²) in [5.74, 6) is -0.522. The number of morpholine rings is 1. The van der Waals surface area contributed by atoms with Gasteiger partial charge in [-0.2, -0.15) is 14.7 Å². The number of carbonyl (C=O) groups is 1. The van der Waals surface area contributed by atoms with Crippen LogP contribution >= 0.6 is 0 Å². The third kappa shape index (κ3) is 6.50. The molecule has 1 N–H and O–H groups in total. The molecule has 0 aliphatic carbocycles. The highest BCUT2D eigenvalue weighted by Crippen LogP contribution is 2.29. The summed E-state index contributed by atoms with van der Waals surface area (Å²) in [6.45, 7) is 4.50. The molecular weight excluding hydrogens is 550 g/mol. The van der Waals surface area contributed by atoms with Crippen molar-refractivity contribution < 1.29 is 17.9 Å². The highest BCUT2D eigenvalue weighted by molar-refractivity contribution is 7.89. The first-order valence-electron chi connectivity index (χ1n) is 13.6. The summed E-state index contributed by atoms with van der Waals surface area (Å²) < 4.78 is 36.0. The average Bonchev–Trinajstić information content (AvgIpc) is 3.43. The Bertz CT molecular complexity index is 1730. The molecule has 1 aliphatic heterocycles. The van der Waals surface area contributed by atoms with Crippen LogP contribution in [0, 0.1) is 11.3 Å². The van der Waals surface area contributed by atoms with E-state index in [9.17, 15) is 18.5 Å². The molecule has 42 heavy (non-hydrogen) atoms. The lowest BCUT2D eigenvalue weighted by atomic mass is 10.1. The molecule has 1 aromatic heterocycles. The monoisotopic (exact) mass is 581 g/mol. The number of amides is 1. The van der Waals surface area contributed by atoms with Gasteiger partial charge < -0.3 is 10.1 Å². The molecule has 2 atom stereocenters. The van der Waals surface area contributed by atoms with E-state index in [4.69, 9.17) is 9.84 Å². The molecular formula is C32H31N5O4S. The van der Waals surface area contributed by atoms with Crippen LogP contribution < -0.4 is 5.32 Å². The van der Waals surface area contributed by atoms with E-state index in [-0.39, 0.29) is 42.3 Å². The fourth-order valence-electron chi connectivity index (χ4n) is 4.89. The molecule has 214 valence electrons. The Balaban J connectivity index is 1.52. The third-order valence-electron chi connectivity index (χ3n) is 6.86. The van der Waals surface area contributed by atoms with Crippen LogP contribution in [0.3, 0.4) is 0 Å². The number of para-hydroxylation sites is 1. The Morgan fingerprint density at radius 2 is 1.69 bits per heavy atom. The number of nitrogens with one attached hydrogen (secondary N) is 1. The number of nitriles is 1. The lowest BCUT2D eigenvalue weighted by Crippen LogP contribution is -2.48. The standard InChI is InChI=1S/C32H31N5O4S/c1-23-20-36(21-24(2)41-23)42(39,40)30-15-9-12-26(17-30)31-28(22-37(35-31)29-13-7-4-8-14-29)16-27(18-33)32(38)34-19-25-10-5-3-6-11-25/h3-17,22-24H,19-21H2,1-2H3,(H,34,38)/b27-16-. The van der Waals surface area contributed by atoms with Gasteiger partial charge >= 0.3 is 0 Å². The quantitative estimate of drug-likeness (QED) is 0.241. The molecule has 1 fully saturated rings. The molecule has 0 saturated carbocycles. The topological polar surface area (TPSA) is 117 Å². The maximum atomic E-state index is 13.6. The van der Waals surface area contributed by atoms with E-state index in [1.165, 1.54) is 10.4 Å². The summed E-state index contributed by atoms with van der Waals surface area (Å²) in [4.78, 5) is 13.1. The highest BCUT2D eigenvalue weighted by atomic mass is 32.2. The number of hydrogen-bond donors (Lipinski definition) is 1. The zero-order chi connectivity index (χ0) is 29.7. The van der Waals surface area contributed by atoms with Crippen molar-refractivity contribution in [1.29, 1.82) is 5.26 Å². The van der Waals surface area contributed by atoms with Gasteiger partial charge in [0.15, 0.2) is 0 Å². The number of rotatable bonds is 8. The fraction of sp³-hybridized carbons (Fsp3) is 0.219. The van der Waals surface area contributed by atoms with E-state index < -0.39 is 15.9 Å². The van der Waals surface area contributed by atoms with Crippen molar-refractivity contribution in [2.75, 3.05) is 13.1 Å². The Morgan fingerprint density at radius 1 is 1.02 bits per heavy atom. The highest BCUT2D eigenvalue weighted by Gasteiger charge is 2.32. The molecule has 4 aromatic rings. The predicted molar refractivity (Wildman–Crippen MR) is 160 cm³/mol. The van der Waals surface area contributed by atoms with E-state index in [0.717, 1.165) is 11.3 Å². The molecule has 3 aromatic carbocycles. The van der Waals surface area contributed by atoms with Gasteiger partial charge in [-0.1, -0.05) is 60.7 Å². The minimum Gasteiger partial charge on any atom is -0.373 e. The zero-order valence-electron chi connectivity index (χ0n) is 23.3. The van der Waals surface area contributed by atoms with Gasteiger partial charge in [-0.3, -0.25) is 4.79 Å². The van der Waals surface area contributed by atoms with Crippen LogP contribution in [-0.2, 0) is 26.1 Å². The van der Waals surface area contributed by atoms with Gasteiger partial charge in [0.1, 0.15) is 17.3 Å². The molecule has 0 radical (unpaired) electrons. The van der Waals surface area contributed by atoms with Crippen molar-refractivity contribution in [2.45, 2.75) is 37.5 Å². The van der Waals surface area contributed by atoms with Gasteiger partial charge in [0.05, 0.1) is 22.8 Å². The third-order valence-corrected chi connectivity index (χ3v) is 8.68. The first-order chi connectivity index (χ1) is 20.2. The van der Waals surface area contributed by atoms with Crippen molar-refractivity contribution >= 4 is 22.0 Å². The second-order valence-electron chi connectivity index (χ2n) is 10.2. The van der Waals surface area contributed by atoms with Gasteiger partial charge in [-0.15, -0.1) is 0 Å². The van der Waals surface area contributed by atoms with Gasteiger partial charge in [0.2, 0.25) is 10.0 Å². The van der Waals surface area contributed by atoms with Crippen molar-refractivity contribution in [1.82, 2.24) is 19.4 Å². The van der Waals surface area contributed by atoms with Crippen LogP contribution in [-0.4, -0.2) is 53.7 Å². The van der Waals surface area contributed by atoms with Gasteiger partial charge in [0, 0.05) is 37.0 Å². The van der Waals surface area contributed by atoms with E-state index in [0.29, 0.717) is 16.8 Å². The number of carbonyl (C=O) groups excluding carboxylic acids is 1. The minimum atomic E-state index is -3.80. The maximum Gasteiger partial charge on any atom is 0.262 e. The van der Waals surface area contributed by atoms with Crippen LogP contribution in [0.5, 0.6) is 0 Å².